The van der Waals surface area contributed by atoms with Crippen LogP contribution in [0.15, 0.2) is 11.6 Å². The van der Waals surface area contributed by atoms with E-state index in [4.69, 9.17) is 7.85 Å². The van der Waals surface area contributed by atoms with Crippen LogP contribution in [0.5, 0.6) is 0 Å². The molecule has 0 atom stereocenters. The summed E-state index contributed by atoms with van der Waals surface area (Å²) in [4.78, 5) is 0. The lowest BCUT2D eigenvalue weighted by atomic mass is 9.86. The first-order valence-electron chi connectivity index (χ1n) is 6.90. The first-order chi connectivity index (χ1) is 7.50. The third-order valence-corrected chi connectivity index (χ3v) is 3.17. The third kappa shape index (κ3) is 4.80. The molecule has 0 heterocycles. The van der Waals surface area contributed by atoms with E-state index in [1.54, 1.807) is 6.92 Å². The van der Waals surface area contributed by atoms with Crippen LogP contribution in [0.1, 0.15) is 61.0 Å². The van der Waals surface area contributed by atoms with Gasteiger partial charge in [-0.05, 0) is 25.7 Å². The maximum atomic E-state index is 9.10. The molecular formula is C13H24O. The van der Waals surface area contributed by atoms with E-state index in [0.29, 0.717) is 5.57 Å². The zero-order valence-electron chi connectivity index (χ0n) is 11.3. The van der Waals surface area contributed by atoms with Crippen molar-refractivity contribution >= 4 is 0 Å². The van der Waals surface area contributed by atoms with Crippen LogP contribution < -0.4 is 0 Å². The van der Waals surface area contributed by atoms with Gasteiger partial charge in [-0.3, -0.25) is 0 Å². The van der Waals surface area contributed by atoms with Crippen LogP contribution in [-0.4, -0.2) is 11.7 Å². The molecule has 1 heteroatoms. The first kappa shape index (κ1) is 8.96. The average molecular weight is 198 g/mol. The van der Waals surface area contributed by atoms with Gasteiger partial charge in [0.05, 0.1) is 9.30 Å². The number of hydrogen-bond donors (Lipinski definition) is 1. The molecule has 1 saturated carbocycles. The van der Waals surface area contributed by atoms with Gasteiger partial charge in [0.1, 0.15) is 0 Å². The van der Waals surface area contributed by atoms with Gasteiger partial charge < -0.3 is 5.11 Å². The minimum atomic E-state index is -2.13. The predicted molar refractivity (Wildman–Crippen MR) is 61.3 cm³/mol. The molecule has 0 amide bonds. The Morgan fingerprint density at radius 1 is 1.43 bits per heavy atom. The lowest BCUT2D eigenvalue weighted by Crippen LogP contribution is -2.05. The minimum absolute atomic E-state index is 0.441. The van der Waals surface area contributed by atoms with Crippen molar-refractivity contribution < 1.29 is 7.85 Å². The Kier molecular flexibility index (Phi) is 4.52. The number of unbranched alkanes of at least 4 members (excludes halogenated alkanes) is 1. The Bertz CT molecular complexity index is 225. The highest BCUT2D eigenvalue weighted by Gasteiger charge is 2.11. The van der Waals surface area contributed by atoms with E-state index in [1.807, 2.05) is 6.08 Å². The fourth-order valence-corrected chi connectivity index (χ4v) is 2.25. The summed E-state index contributed by atoms with van der Waals surface area (Å²) in [5.74, 6) is 0.897. The largest absolute Gasteiger partial charge is 0.392 e. The SMILES string of the molecule is [2H]C([2H])(O)/C(C)=C/CCCC1CCCCC1. The van der Waals surface area contributed by atoms with Crippen LogP contribution in [0, 0.1) is 5.92 Å². The molecule has 0 radical (unpaired) electrons. The summed E-state index contributed by atoms with van der Waals surface area (Å²) in [7, 11) is 0. The van der Waals surface area contributed by atoms with Gasteiger partial charge in [-0.15, -0.1) is 0 Å². The van der Waals surface area contributed by atoms with E-state index in [-0.39, 0.29) is 0 Å². The van der Waals surface area contributed by atoms with Crippen molar-refractivity contribution in [2.45, 2.75) is 58.3 Å². The van der Waals surface area contributed by atoms with Gasteiger partial charge >= 0.3 is 0 Å². The molecule has 0 saturated heterocycles. The summed E-state index contributed by atoms with van der Waals surface area (Å²) in [6.45, 7) is -0.481. The Balaban J connectivity index is 2.15. The van der Waals surface area contributed by atoms with Crippen molar-refractivity contribution in [2.75, 3.05) is 6.56 Å². The van der Waals surface area contributed by atoms with Crippen LogP contribution in [0.3, 0.4) is 0 Å². The Hall–Kier alpha value is -0.300. The highest BCUT2D eigenvalue weighted by atomic mass is 16.3. The lowest BCUT2D eigenvalue weighted by Gasteiger charge is -2.20. The van der Waals surface area contributed by atoms with Gasteiger partial charge in [0.2, 0.25) is 0 Å². The maximum Gasteiger partial charge on any atom is 0.0639 e. The summed E-state index contributed by atoms with van der Waals surface area (Å²) in [5, 5.41) is 9.10. The van der Waals surface area contributed by atoms with Crippen molar-refractivity contribution in [3.63, 3.8) is 0 Å². The van der Waals surface area contributed by atoms with Crippen molar-refractivity contribution in [2.24, 2.45) is 5.92 Å². The van der Waals surface area contributed by atoms with Crippen molar-refractivity contribution in [3.8, 4) is 0 Å². The zero-order valence-corrected chi connectivity index (χ0v) is 9.26. The van der Waals surface area contributed by atoms with Crippen LogP contribution >= 0.6 is 0 Å². The lowest BCUT2D eigenvalue weighted by molar-refractivity contribution is 0.328. The zero-order chi connectivity index (χ0) is 12.0. The summed E-state index contributed by atoms with van der Waals surface area (Å²) >= 11 is 0. The number of rotatable bonds is 5. The van der Waals surface area contributed by atoms with E-state index in [0.717, 1.165) is 18.8 Å². The molecule has 0 aliphatic heterocycles. The summed E-state index contributed by atoms with van der Waals surface area (Å²) in [6, 6.07) is 0. The Morgan fingerprint density at radius 2 is 2.14 bits per heavy atom. The quantitative estimate of drug-likeness (QED) is 0.528. The Labute approximate surface area is 91.0 Å². The molecule has 1 rings (SSSR count). The molecule has 0 bridgehead atoms. The van der Waals surface area contributed by atoms with Gasteiger partial charge in [0, 0.05) is 0 Å². The van der Waals surface area contributed by atoms with E-state index in [2.05, 4.69) is 0 Å². The van der Waals surface area contributed by atoms with E-state index < -0.39 is 6.56 Å². The smallest absolute Gasteiger partial charge is 0.0639 e. The first-order valence-corrected chi connectivity index (χ1v) is 5.90. The third-order valence-electron chi connectivity index (χ3n) is 3.17. The molecule has 1 fully saturated rings. The van der Waals surface area contributed by atoms with Crippen molar-refractivity contribution in [3.05, 3.63) is 11.6 Å². The second-order valence-corrected chi connectivity index (χ2v) is 4.43. The molecule has 0 spiro atoms. The second-order valence-electron chi connectivity index (χ2n) is 4.43. The molecule has 1 N–H and O–H groups in total. The molecule has 1 aliphatic carbocycles. The van der Waals surface area contributed by atoms with Gasteiger partial charge in [-0.2, -0.15) is 0 Å². The Morgan fingerprint density at radius 3 is 2.79 bits per heavy atom. The number of hydrogen-bond acceptors (Lipinski definition) is 1. The summed E-state index contributed by atoms with van der Waals surface area (Å²) in [5.41, 5.74) is 0.441. The van der Waals surface area contributed by atoms with E-state index >= 15 is 0 Å². The van der Waals surface area contributed by atoms with Crippen molar-refractivity contribution in [1.82, 2.24) is 0 Å². The number of aliphatic hydroxyl groups is 1. The fourth-order valence-electron chi connectivity index (χ4n) is 2.25. The molecule has 0 aromatic heterocycles. The minimum Gasteiger partial charge on any atom is -0.392 e. The second kappa shape index (κ2) is 7.05. The molecule has 1 nitrogen and oxygen atoms in total. The summed E-state index contributed by atoms with van der Waals surface area (Å²) < 4.78 is 14.2. The molecule has 82 valence electrons. The maximum absolute atomic E-state index is 9.10. The summed E-state index contributed by atoms with van der Waals surface area (Å²) in [6.07, 6.45) is 12.0. The highest BCUT2D eigenvalue weighted by molar-refractivity contribution is 4.97. The van der Waals surface area contributed by atoms with E-state index in [1.165, 1.54) is 38.5 Å². The molecule has 0 aromatic rings. The fraction of sp³-hybridized carbons (Fsp3) is 0.846. The standard InChI is InChI=1S/C13H24O/c1-12(11-14)7-5-6-10-13-8-3-2-4-9-13/h7,13-14H,2-6,8-11H2,1H3/b12-7+/i11D2. The van der Waals surface area contributed by atoms with Gasteiger partial charge in [-0.1, -0.05) is 50.2 Å². The normalized spacial score (nSPS) is 23.1. The van der Waals surface area contributed by atoms with Crippen LogP contribution in [0.25, 0.3) is 0 Å². The van der Waals surface area contributed by atoms with Gasteiger partial charge in [-0.25, -0.2) is 0 Å². The molecule has 14 heavy (non-hydrogen) atoms. The average Bonchev–Trinajstić information content (AvgIpc) is 2.24. The number of allylic oxidation sites excluding steroid dienone is 1. The van der Waals surface area contributed by atoms with Crippen LogP contribution in [-0.2, 0) is 0 Å². The molecule has 0 unspecified atom stereocenters. The van der Waals surface area contributed by atoms with Crippen LogP contribution in [0.2, 0.25) is 0 Å². The van der Waals surface area contributed by atoms with Gasteiger partial charge in [0.25, 0.3) is 0 Å². The topological polar surface area (TPSA) is 20.2 Å². The molecular weight excluding hydrogens is 172 g/mol. The van der Waals surface area contributed by atoms with E-state index in [9.17, 15) is 0 Å². The van der Waals surface area contributed by atoms with Crippen LogP contribution in [0.4, 0.5) is 0 Å². The van der Waals surface area contributed by atoms with Crippen molar-refractivity contribution in [1.29, 1.82) is 0 Å². The molecule has 0 aromatic carbocycles. The van der Waals surface area contributed by atoms with Gasteiger partial charge in [0.15, 0.2) is 0 Å². The highest BCUT2D eigenvalue weighted by Crippen LogP contribution is 2.27. The monoisotopic (exact) mass is 198 g/mol. The molecule has 1 aliphatic rings. The predicted octanol–water partition coefficient (Wildman–Crippen LogP) is 3.68.